The van der Waals surface area contributed by atoms with Crippen molar-refractivity contribution in [2.24, 2.45) is 5.41 Å². The fourth-order valence-electron chi connectivity index (χ4n) is 10.3. The lowest BCUT2D eigenvalue weighted by Crippen LogP contribution is -2.58. The molecule has 1 unspecified atom stereocenters. The number of rotatable bonds is 7. The number of hydrogen-bond acceptors (Lipinski definition) is 11. The molecule has 3 saturated heterocycles. The second-order valence-electron chi connectivity index (χ2n) is 16.6. The molecule has 5 aliphatic rings. The normalized spacial score (nSPS) is 30.4. The van der Waals surface area contributed by atoms with Crippen molar-refractivity contribution in [1.82, 2.24) is 19.9 Å². The first kappa shape index (κ1) is 35.8. The second-order valence-corrected chi connectivity index (χ2v) is 16.6. The highest BCUT2D eigenvalue weighted by atomic mass is 19.1. The van der Waals surface area contributed by atoms with Gasteiger partial charge in [-0.3, -0.25) is 4.90 Å². The van der Waals surface area contributed by atoms with E-state index < -0.39 is 17.2 Å². The number of piperidine rings is 1. The van der Waals surface area contributed by atoms with Crippen molar-refractivity contribution in [3.63, 3.8) is 0 Å². The van der Waals surface area contributed by atoms with E-state index in [0.717, 1.165) is 70.9 Å². The van der Waals surface area contributed by atoms with Crippen LogP contribution in [0.1, 0.15) is 71.1 Å². The zero-order valence-electron chi connectivity index (χ0n) is 31.1. The number of β-amino-alcohol motifs (C(OH)–C–C–N with tert-alkyl or cyclic N) is 1. The monoisotopic (exact) mass is 745 g/mol. The maximum Gasteiger partial charge on any atom is 0.319 e. The van der Waals surface area contributed by atoms with Gasteiger partial charge in [0.25, 0.3) is 0 Å². The van der Waals surface area contributed by atoms with Crippen molar-refractivity contribution in [1.29, 1.82) is 0 Å². The third kappa shape index (κ3) is 6.21. The Kier molecular flexibility index (Phi) is 9.06. The third-order valence-electron chi connectivity index (χ3n) is 13.0. The molecule has 2 saturated carbocycles. The predicted octanol–water partition coefficient (Wildman–Crippen LogP) is 6.54. The Balaban J connectivity index is 1.12. The number of aliphatic hydroxyl groups is 1. The van der Waals surface area contributed by atoms with E-state index in [1.54, 1.807) is 13.0 Å². The van der Waals surface area contributed by atoms with Crippen LogP contribution in [-0.4, -0.2) is 107 Å². The van der Waals surface area contributed by atoms with Gasteiger partial charge in [0.15, 0.2) is 5.82 Å². The van der Waals surface area contributed by atoms with Crippen LogP contribution >= 0.6 is 0 Å². The molecular weight excluding hydrogens is 696 g/mol. The Bertz CT molecular complexity index is 2070. The molecule has 11 nitrogen and oxygen atoms in total. The molecular formula is C41H49F2N5O6. The van der Waals surface area contributed by atoms with Gasteiger partial charge in [0, 0.05) is 35.0 Å². The highest BCUT2D eigenvalue weighted by Crippen LogP contribution is 2.51. The maximum atomic E-state index is 17.2. The fourth-order valence-corrected chi connectivity index (χ4v) is 10.3. The van der Waals surface area contributed by atoms with Gasteiger partial charge in [-0.25, -0.2) is 13.8 Å². The summed E-state index contributed by atoms with van der Waals surface area (Å²) in [7, 11) is 1.42. The minimum Gasteiger partial charge on any atom is -0.508 e. The molecule has 1 spiro atoms. The summed E-state index contributed by atoms with van der Waals surface area (Å²) in [5, 5.41) is 22.5. The summed E-state index contributed by atoms with van der Waals surface area (Å²) >= 11 is 0. The molecule has 2 aromatic carbocycles. The summed E-state index contributed by atoms with van der Waals surface area (Å²) in [5.41, 5.74) is -1.48. The first-order valence-corrected chi connectivity index (χ1v) is 19.5. The average molecular weight is 746 g/mol. The van der Waals surface area contributed by atoms with Gasteiger partial charge < -0.3 is 34.1 Å². The molecule has 2 aliphatic carbocycles. The van der Waals surface area contributed by atoms with Crippen molar-refractivity contribution >= 4 is 27.5 Å². The van der Waals surface area contributed by atoms with E-state index in [9.17, 15) is 10.2 Å². The minimum absolute atomic E-state index is 0.00578. The SMILES string of the molecule is COc1nc(-c2cc(O)cc3cccc(F)c23)c(F)c2nc(OC[C@]34CCCC3N(C3CCC5(CCO5)CC3)CCC4)nc(N3CCOC[C@@](C)(O)C3)c12. The molecule has 0 radical (unpaired) electrons. The molecule has 5 heterocycles. The smallest absolute Gasteiger partial charge is 0.319 e. The topological polar surface area (TPSA) is 123 Å². The summed E-state index contributed by atoms with van der Waals surface area (Å²) in [6.45, 7) is 4.96. The number of phenolic OH excluding ortho intramolecular Hbond substituents is 1. The average Bonchev–Trinajstić information content (AvgIpc) is 3.50. The molecule has 4 aromatic rings. The van der Waals surface area contributed by atoms with Gasteiger partial charge >= 0.3 is 6.01 Å². The van der Waals surface area contributed by atoms with Gasteiger partial charge in [0.1, 0.15) is 39.6 Å². The molecule has 3 atom stereocenters. The van der Waals surface area contributed by atoms with Crippen LogP contribution in [0.4, 0.5) is 14.6 Å². The van der Waals surface area contributed by atoms with Crippen molar-refractivity contribution in [3.8, 4) is 28.9 Å². The standard InChI is InChI=1S/C41H49F2N5O6/c1-39(50)22-47(17-19-52-23-39)36-32-35(33(43)34(44-37(32)51-2)28-21-27(49)20-25-6-3-7-29(42)31(25)28)45-38(46-36)53-24-40-11-4-8-30(40)48(16-5-12-40)26-9-13-41(14-10-26)15-18-54-41/h3,6-7,20-21,26,30,49-50H,4-5,8-19,22-24H2,1-2H3/t26?,30?,39-,40+,41?/m0/s1. The first-order chi connectivity index (χ1) is 26.1. The molecule has 2 aromatic heterocycles. The Hall–Kier alpha value is -3.91. The predicted molar refractivity (Wildman–Crippen MR) is 199 cm³/mol. The number of hydrogen-bond donors (Lipinski definition) is 2. The van der Waals surface area contributed by atoms with Gasteiger partial charge in [-0.15, -0.1) is 0 Å². The molecule has 13 heteroatoms. The van der Waals surface area contributed by atoms with E-state index >= 15 is 8.78 Å². The molecule has 54 heavy (non-hydrogen) atoms. The highest BCUT2D eigenvalue weighted by Gasteiger charge is 2.52. The number of fused-ring (bicyclic) bond motifs is 3. The van der Waals surface area contributed by atoms with E-state index in [1.807, 2.05) is 4.90 Å². The van der Waals surface area contributed by atoms with Crippen molar-refractivity contribution in [2.45, 2.75) is 94.4 Å². The van der Waals surface area contributed by atoms with E-state index in [-0.39, 0.29) is 69.4 Å². The third-order valence-corrected chi connectivity index (χ3v) is 13.0. The van der Waals surface area contributed by atoms with Crippen LogP contribution in [0.5, 0.6) is 17.6 Å². The molecule has 2 N–H and O–H groups in total. The van der Waals surface area contributed by atoms with Crippen LogP contribution in [0, 0.1) is 17.0 Å². The molecule has 0 bridgehead atoms. The lowest BCUT2D eigenvalue weighted by atomic mass is 9.72. The summed E-state index contributed by atoms with van der Waals surface area (Å²) in [5.74, 6) is -1.28. The zero-order valence-corrected chi connectivity index (χ0v) is 31.1. The number of aromatic nitrogens is 3. The Morgan fingerprint density at radius 3 is 2.56 bits per heavy atom. The van der Waals surface area contributed by atoms with Crippen LogP contribution in [0.15, 0.2) is 30.3 Å². The Morgan fingerprint density at radius 1 is 0.963 bits per heavy atom. The van der Waals surface area contributed by atoms with Gasteiger partial charge in [0.2, 0.25) is 5.88 Å². The largest absolute Gasteiger partial charge is 0.508 e. The quantitative estimate of drug-likeness (QED) is 0.215. The number of aromatic hydroxyl groups is 1. The number of nitrogens with zero attached hydrogens (tertiary/aromatic N) is 5. The van der Waals surface area contributed by atoms with Gasteiger partial charge in [0.05, 0.1) is 45.7 Å². The summed E-state index contributed by atoms with van der Waals surface area (Å²) in [6, 6.07) is 8.11. The number of methoxy groups -OCH3 is 1. The number of phenols is 1. The number of benzene rings is 2. The van der Waals surface area contributed by atoms with Gasteiger partial charge in [-0.2, -0.15) is 9.97 Å². The van der Waals surface area contributed by atoms with Crippen LogP contribution in [0.3, 0.4) is 0 Å². The summed E-state index contributed by atoms with van der Waals surface area (Å²) in [6.07, 6.45) is 11.1. The van der Waals surface area contributed by atoms with Crippen molar-refractivity contribution in [2.75, 3.05) is 58.1 Å². The molecule has 288 valence electrons. The number of anilines is 1. The molecule has 5 fully saturated rings. The van der Waals surface area contributed by atoms with Crippen LogP contribution in [0.25, 0.3) is 32.9 Å². The molecule has 3 aliphatic heterocycles. The van der Waals surface area contributed by atoms with Gasteiger partial charge in [-0.05, 0) is 94.8 Å². The molecule has 0 amide bonds. The lowest BCUT2D eigenvalue weighted by molar-refractivity contribution is -0.175. The van der Waals surface area contributed by atoms with E-state index in [2.05, 4.69) is 9.88 Å². The summed E-state index contributed by atoms with van der Waals surface area (Å²) in [4.78, 5) is 18.8. The lowest BCUT2D eigenvalue weighted by Gasteiger charge is -2.53. The van der Waals surface area contributed by atoms with Crippen LogP contribution in [-0.2, 0) is 9.47 Å². The summed E-state index contributed by atoms with van der Waals surface area (Å²) < 4.78 is 56.8. The van der Waals surface area contributed by atoms with E-state index in [1.165, 1.54) is 37.8 Å². The fraction of sp³-hybridized carbons (Fsp3) is 0.585. The Labute approximate surface area is 313 Å². The minimum atomic E-state index is -1.23. The zero-order chi connectivity index (χ0) is 37.2. The van der Waals surface area contributed by atoms with Crippen molar-refractivity contribution in [3.05, 3.63) is 42.0 Å². The van der Waals surface area contributed by atoms with Gasteiger partial charge in [-0.1, -0.05) is 18.6 Å². The number of likely N-dealkylation sites (tertiary alicyclic amines) is 1. The molecule has 9 rings (SSSR count). The first-order valence-electron chi connectivity index (χ1n) is 19.5. The number of pyridine rings is 1. The Morgan fingerprint density at radius 2 is 1.78 bits per heavy atom. The van der Waals surface area contributed by atoms with Crippen LogP contribution in [0.2, 0.25) is 0 Å². The van der Waals surface area contributed by atoms with E-state index in [4.69, 9.17) is 28.9 Å². The van der Waals surface area contributed by atoms with Crippen molar-refractivity contribution < 1.29 is 37.9 Å². The van der Waals surface area contributed by atoms with E-state index in [0.29, 0.717) is 43.0 Å². The number of ether oxygens (including phenoxy) is 4. The second kappa shape index (κ2) is 13.7. The number of halogens is 2. The highest BCUT2D eigenvalue weighted by molar-refractivity contribution is 6.02. The van der Waals surface area contributed by atoms with Crippen LogP contribution < -0.4 is 14.4 Å². The maximum absolute atomic E-state index is 17.2.